The lowest BCUT2D eigenvalue weighted by atomic mass is 9.74. The number of hydrogen-bond acceptors (Lipinski definition) is 4. The van der Waals surface area contributed by atoms with E-state index in [1.807, 2.05) is 4.90 Å². The Kier molecular flexibility index (Phi) is 7.87. The second kappa shape index (κ2) is 9.78. The summed E-state index contributed by atoms with van der Waals surface area (Å²) >= 11 is 11.8. The van der Waals surface area contributed by atoms with Crippen molar-refractivity contribution in [3.63, 3.8) is 0 Å². The Bertz CT molecular complexity index is 934. The minimum Gasteiger partial charge on any atom is -0.295 e. The highest BCUT2D eigenvalue weighted by Gasteiger charge is 2.47. The number of carbonyl (C=O) groups is 1. The summed E-state index contributed by atoms with van der Waals surface area (Å²) in [7, 11) is -3.32. The van der Waals surface area contributed by atoms with Crippen molar-refractivity contribution < 1.29 is 26.4 Å². The number of rotatable bonds is 7. The average molecular weight is 515 g/mol. The number of benzene rings is 1. The van der Waals surface area contributed by atoms with Crippen LogP contribution in [0.15, 0.2) is 12.1 Å². The molecule has 1 heterocycles. The highest BCUT2D eigenvalue weighted by Crippen LogP contribution is 2.44. The van der Waals surface area contributed by atoms with E-state index in [1.54, 1.807) is 6.92 Å². The van der Waals surface area contributed by atoms with Gasteiger partial charge in [0.05, 0.1) is 16.3 Å². The van der Waals surface area contributed by atoms with E-state index in [2.05, 4.69) is 0 Å². The standard InChI is InChI=1S/C21H27Cl2F3N2O3S/c1-2-32(30,31)28-11-9-27(10-12-28)20(5-7-21(25,26)8-6-20)4-3-18(29)19-16(23)13-15(22)14-17(19)24/h13-14H,2-12H2,1H3. The lowest BCUT2D eigenvalue weighted by Gasteiger charge is -2.51. The van der Waals surface area contributed by atoms with Crippen LogP contribution in [0.3, 0.4) is 0 Å². The molecule has 5 nitrogen and oxygen atoms in total. The Hall–Kier alpha value is -0.870. The average Bonchev–Trinajstić information content (AvgIpc) is 2.73. The van der Waals surface area contributed by atoms with Crippen molar-refractivity contribution in [2.24, 2.45) is 0 Å². The molecule has 0 aromatic heterocycles. The third-order valence-corrected chi connectivity index (χ3v) is 9.08. The van der Waals surface area contributed by atoms with Gasteiger partial charge in [0.2, 0.25) is 15.9 Å². The van der Waals surface area contributed by atoms with Crippen LogP contribution in [0.5, 0.6) is 0 Å². The molecule has 2 fully saturated rings. The number of alkyl halides is 2. The smallest absolute Gasteiger partial charge is 0.248 e. The van der Waals surface area contributed by atoms with Gasteiger partial charge >= 0.3 is 0 Å². The minimum absolute atomic E-state index is 0.00623. The second-order valence-electron chi connectivity index (χ2n) is 8.53. The van der Waals surface area contributed by atoms with Crippen LogP contribution in [0, 0.1) is 5.82 Å². The Morgan fingerprint density at radius 3 is 2.19 bits per heavy atom. The summed E-state index contributed by atoms with van der Waals surface area (Å²) < 4.78 is 67.9. The monoisotopic (exact) mass is 514 g/mol. The van der Waals surface area contributed by atoms with E-state index in [0.717, 1.165) is 6.07 Å². The van der Waals surface area contributed by atoms with Crippen LogP contribution < -0.4 is 0 Å². The maximum atomic E-state index is 14.3. The number of carbonyl (C=O) groups excluding carboxylic acids is 1. The zero-order chi connectivity index (χ0) is 23.7. The number of sulfonamides is 1. The number of Topliss-reactive ketones (excluding diaryl/α,β-unsaturated/α-hetero) is 1. The summed E-state index contributed by atoms with van der Waals surface area (Å²) in [6.45, 7) is 2.93. The molecule has 1 aliphatic heterocycles. The Morgan fingerprint density at radius 1 is 1.06 bits per heavy atom. The summed E-state index contributed by atoms with van der Waals surface area (Å²) in [6, 6.07) is 2.31. The Labute approximate surface area is 196 Å². The van der Waals surface area contributed by atoms with Gasteiger partial charge in [0.25, 0.3) is 0 Å². The molecule has 0 amide bonds. The molecule has 1 aromatic rings. The molecule has 0 unspecified atom stereocenters. The molecule has 180 valence electrons. The Morgan fingerprint density at radius 2 is 1.66 bits per heavy atom. The van der Waals surface area contributed by atoms with Crippen LogP contribution in [-0.4, -0.2) is 66.8 Å². The minimum atomic E-state index is -3.32. The third-order valence-electron chi connectivity index (χ3n) is 6.68. The molecule has 0 radical (unpaired) electrons. The van der Waals surface area contributed by atoms with Gasteiger partial charge in [0, 0.05) is 56.0 Å². The largest absolute Gasteiger partial charge is 0.295 e. The van der Waals surface area contributed by atoms with Crippen LogP contribution in [0.1, 0.15) is 55.8 Å². The van der Waals surface area contributed by atoms with Gasteiger partial charge in [-0.2, -0.15) is 4.31 Å². The third kappa shape index (κ3) is 5.60. The predicted molar refractivity (Wildman–Crippen MR) is 119 cm³/mol. The van der Waals surface area contributed by atoms with Gasteiger partial charge in [-0.25, -0.2) is 21.6 Å². The molecule has 2 aliphatic rings. The molecule has 0 N–H and O–H groups in total. The fourth-order valence-corrected chi connectivity index (χ4v) is 6.37. The summed E-state index contributed by atoms with van der Waals surface area (Å²) in [6.07, 6.45) is -0.0249. The van der Waals surface area contributed by atoms with E-state index in [4.69, 9.17) is 23.2 Å². The molecule has 0 atom stereocenters. The molecule has 1 saturated carbocycles. The SMILES string of the molecule is CCS(=O)(=O)N1CCN(C2(CCC(=O)c3c(F)cc(Cl)cc3Cl)CCC(F)(F)CC2)CC1. The molecule has 32 heavy (non-hydrogen) atoms. The van der Waals surface area contributed by atoms with Gasteiger partial charge in [-0.15, -0.1) is 0 Å². The van der Waals surface area contributed by atoms with Crippen LogP contribution in [-0.2, 0) is 10.0 Å². The van der Waals surface area contributed by atoms with E-state index < -0.39 is 33.1 Å². The van der Waals surface area contributed by atoms with E-state index in [-0.39, 0.29) is 73.0 Å². The van der Waals surface area contributed by atoms with E-state index in [0.29, 0.717) is 13.1 Å². The molecule has 11 heteroatoms. The zero-order valence-electron chi connectivity index (χ0n) is 17.9. The molecule has 0 spiro atoms. The number of ketones is 1. The number of hydrogen-bond donors (Lipinski definition) is 0. The molecule has 3 rings (SSSR count). The van der Waals surface area contributed by atoms with Gasteiger partial charge in [-0.1, -0.05) is 23.2 Å². The number of nitrogens with zero attached hydrogens (tertiary/aromatic N) is 2. The Balaban J connectivity index is 1.76. The van der Waals surface area contributed by atoms with Crippen LogP contribution >= 0.6 is 23.2 Å². The molecule has 0 bridgehead atoms. The lowest BCUT2D eigenvalue weighted by molar-refractivity contribution is -0.0891. The zero-order valence-corrected chi connectivity index (χ0v) is 20.2. The summed E-state index contributed by atoms with van der Waals surface area (Å²) in [4.78, 5) is 14.8. The van der Waals surface area contributed by atoms with Crippen molar-refractivity contribution in [1.82, 2.24) is 9.21 Å². The van der Waals surface area contributed by atoms with E-state index in [1.165, 1.54) is 10.4 Å². The molecular weight excluding hydrogens is 488 g/mol. The van der Waals surface area contributed by atoms with Crippen molar-refractivity contribution in [2.45, 2.75) is 56.9 Å². The molecule has 1 aromatic carbocycles. The highest BCUT2D eigenvalue weighted by molar-refractivity contribution is 7.89. The first-order chi connectivity index (χ1) is 14.9. The first-order valence-corrected chi connectivity index (χ1v) is 13.0. The van der Waals surface area contributed by atoms with Gasteiger partial charge in [0.1, 0.15) is 5.82 Å². The van der Waals surface area contributed by atoms with Crippen molar-refractivity contribution in [1.29, 1.82) is 0 Å². The highest BCUT2D eigenvalue weighted by atomic mass is 35.5. The van der Waals surface area contributed by atoms with Gasteiger partial charge < -0.3 is 0 Å². The van der Waals surface area contributed by atoms with Crippen LogP contribution in [0.25, 0.3) is 0 Å². The summed E-state index contributed by atoms with van der Waals surface area (Å²) in [5, 5.41) is -0.00227. The first-order valence-electron chi connectivity index (χ1n) is 10.7. The lowest BCUT2D eigenvalue weighted by Crippen LogP contribution is -2.60. The number of piperazine rings is 1. The van der Waals surface area contributed by atoms with Crippen molar-refractivity contribution >= 4 is 39.0 Å². The summed E-state index contributed by atoms with van der Waals surface area (Å²) in [5.74, 6) is -4.07. The van der Waals surface area contributed by atoms with Crippen molar-refractivity contribution in [3.8, 4) is 0 Å². The maximum Gasteiger partial charge on any atom is 0.248 e. The van der Waals surface area contributed by atoms with Gasteiger partial charge in [0.15, 0.2) is 5.78 Å². The first kappa shape index (κ1) is 25.7. The topological polar surface area (TPSA) is 57.7 Å². The number of halogens is 5. The summed E-state index contributed by atoms with van der Waals surface area (Å²) in [5.41, 5.74) is -0.916. The fourth-order valence-electron chi connectivity index (χ4n) is 4.71. The fraction of sp³-hybridized carbons (Fsp3) is 0.667. The van der Waals surface area contributed by atoms with E-state index in [9.17, 15) is 26.4 Å². The van der Waals surface area contributed by atoms with Gasteiger partial charge in [-0.3, -0.25) is 9.69 Å². The van der Waals surface area contributed by atoms with Crippen molar-refractivity contribution in [3.05, 3.63) is 33.6 Å². The molecular formula is C21H27Cl2F3N2O3S. The predicted octanol–water partition coefficient (Wildman–Crippen LogP) is 5.01. The van der Waals surface area contributed by atoms with Crippen LogP contribution in [0.4, 0.5) is 13.2 Å². The van der Waals surface area contributed by atoms with Crippen LogP contribution in [0.2, 0.25) is 10.0 Å². The normalized spacial score (nSPS) is 22.1. The maximum absolute atomic E-state index is 14.3. The van der Waals surface area contributed by atoms with E-state index >= 15 is 0 Å². The second-order valence-corrected chi connectivity index (χ2v) is 11.6. The van der Waals surface area contributed by atoms with Crippen molar-refractivity contribution in [2.75, 3.05) is 31.9 Å². The molecule has 1 saturated heterocycles. The van der Waals surface area contributed by atoms with Gasteiger partial charge in [-0.05, 0) is 38.3 Å². The quantitative estimate of drug-likeness (QED) is 0.479. The molecule has 1 aliphatic carbocycles.